The number of aromatic nitrogens is 1. The van der Waals surface area contributed by atoms with Crippen molar-refractivity contribution in [2.75, 3.05) is 6.54 Å². The molecule has 16 heavy (non-hydrogen) atoms. The maximum Gasteiger partial charge on any atom is 0.0359 e. The minimum Gasteiger partial charge on any atom is -0.353 e. The van der Waals surface area contributed by atoms with Crippen molar-refractivity contribution >= 4 is 0 Å². The first kappa shape index (κ1) is 11.7. The van der Waals surface area contributed by atoms with E-state index in [0.29, 0.717) is 0 Å². The van der Waals surface area contributed by atoms with Gasteiger partial charge in [0.1, 0.15) is 0 Å². The molecule has 1 aliphatic carbocycles. The van der Waals surface area contributed by atoms with Gasteiger partial charge >= 0.3 is 0 Å². The Morgan fingerprint density at radius 1 is 1.38 bits per heavy atom. The summed E-state index contributed by atoms with van der Waals surface area (Å²) in [5.74, 6) is 1.04. The largest absolute Gasteiger partial charge is 0.353 e. The molecule has 2 nitrogen and oxygen atoms in total. The summed E-state index contributed by atoms with van der Waals surface area (Å²) in [6, 6.07) is 4.29. The third kappa shape index (κ3) is 3.38. The first-order valence-electron chi connectivity index (χ1n) is 6.67. The van der Waals surface area contributed by atoms with Crippen molar-refractivity contribution < 1.29 is 0 Å². The Hall–Kier alpha value is -0.760. The summed E-state index contributed by atoms with van der Waals surface area (Å²) in [7, 11) is 2.11. The summed E-state index contributed by atoms with van der Waals surface area (Å²) < 4.78 is 2.18. The molecule has 1 fully saturated rings. The lowest BCUT2D eigenvalue weighted by Crippen LogP contribution is -2.17. The molecule has 1 saturated carbocycles. The number of aryl methyl sites for hydroxylation is 1. The van der Waals surface area contributed by atoms with Crippen molar-refractivity contribution in [3.8, 4) is 0 Å². The van der Waals surface area contributed by atoms with Crippen molar-refractivity contribution in [3.05, 3.63) is 24.0 Å². The lowest BCUT2D eigenvalue weighted by atomic mass is 10.0. The van der Waals surface area contributed by atoms with Gasteiger partial charge < -0.3 is 9.88 Å². The van der Waals surface area contributed by atoms with E-state index in [1.807, 2.05) is 0 Å². The average molecular weight is 220 g/mol. The lowest BCUT2D eigenvalue weighted by Gasteiger charge is -2.09. The SMILES string of the molecule is Cn1cccc1CNCCCC1CCCC1. The molecular formula is C14H24N2. The molecule has 1 heterocycles. The van der Waals surface area contributed by atoms with Crippen molar-refractivity contribution in [2.24, 2.45) is 13.0 Å². The van der Waals surface area contributed by atoms with Crippen LogP contribution in [0.1, 0.15) is 44.2 Å². The van der Waals surface area contributed by atoms with E-state index in [-0.39, 0.29) is 0 Å². The number of nitrogens with one attached hydrogen (secondary N) is 1. The van der Waals surface area contributed by atoms with Gasteiger partial charge in [0.15, 0.2) is 0 Å². The Labute approximate surface area is 99.0 Å². The predicted octanol–water partition coefficient (Wildman–Crippen LogP) is 3.09. The summed E-state index contributed by atoms with van der Waals surface area (Å²) >= 11 is 0. The Kier molecular flexibility index (Phi) is 4.46. The highest BCUT2D eigenvalue weighted by Gasteiger charge is 2.13. The Bertz CT molecular complexity index is 297. The summed E-state index contributed by atoms with van der Waals surface area (Å²) in [5.41, 5.74) is 1.38. The van der Waals surface area contributed by atoms with E-state index in [2.05, 4.69) is 35.3 Å². The second-order valence-corrected chi connectivity index (χ2v) is 5.08. The van der Waals surface area contributed by atoms with Gasteiger partial charge in [0.05, 0.1) is 0 Å². The standard InChI is InChI=1S/C14H24N2/c1-16-11-5-9-14(16)12-15-10-4-8-13-6-2-3-7-13/h5,9,11,13,15H,2-4,6-8,10,12H2,1H3. The first-order chi connectivity index (χ1) is 7.86. The van der Waals surface area contributed by atoms with E-state index in [0.717, 1.165) is 12.5 Å². The van der Waals surface area contributed by atoms with Gasteiger partial charge in [0, 0.05) is 25.5 Å². The molecule has 0 bridgehead atoms. The molecule has 1 aliphatic rings. The zero-order valence-corrected chi connectivity index (χ0v) is 10.4. The number of nitrogens with zero attached hydrogens (tertiary/aromatic N) is 1. The molecule has 90 valence electrons. The monoisotopic (exact) mass is 220 g/mol. The molecule has 2 heteroatoms. The third-order valence-electron chi connectivity index (χ3n) is 3.80. The van der Waals surface area contributed by atoms with Gasteiger partial charge in [0.2, 0.25) is 0 Å². The van der Waals surface area contributed by atoms with Crippen LogP contribution in [0.4, 0.5) is 0 Å². The Balaban J connectivity index is 1.53. The second kappa shape index (κ2) is 6.09. The van der Waals surface area contributed by atoms with Gasteiger partial charge in [-0.05, 0) is 37.4 Å². The van der Waals surface area contributed by atoms with Crippen LogP contribution in [0.15, 0.2) is 18.3 Å². The van der Waals surface area contributed by atoms with Crippen LogP contribution in [0.5, 0.6) is 0 Å². The third-order valence-corrected chi connectivity index (χ3v) is 3.80. The van der Waals surface area contributed by atoms with Gasteiger partial charge in [-0.25, -0.2) is 0 Å². The van der Waals surface area contributed by atoms with Crippen molar-refractivity contribution in [3.63, 3.8) is 0 Å². The van der Waals surface area contributed by atoms with Crippen LogP contribution in [0.3, 0.4) is 0 Å². The smallest absolute Gasteiger partial charge is 0.0359 e. The van der Waals surface area contributed by atoms with Crippen molar-refractivity contribution in [2.45, 2.75) is 45.1 Å². The van der Waals surface area contributed by atoms with Crippen LogP contribution in [-0.2, 0) is 13.6 Å². The summed E-state index contributed by atoms with van der Waals surface area (Å²) in [4.78, 5) is 0. The summed E-state index contributed by atoms with van der Waals surface area (Å²) in [6.07, 6.45) is 10.8. The van der Waals surface area contributed by atoms with Gasteiger partial charge in [-0.15, -0.1) is 0 Å². The minimum absolute atomic E-state index is 1.01. The highest BCUT2D eigenvalue weighted by Crippen LogP contribution is 2.28. The van der Waals surface area contributed by atoms with E-state index >= 15 is 0 Å². The fourth-order valence-corrected chi connectivity index (χ4v) is 2.71. The normalized spacial score (nSPS) is 17.1. The molecular weight excluding hydrogens is 196 g/mol. The van der Waals surface area contributed by atoms with E-state index in [1.54, 1.807) is 0 Å². The molecule has 0 atom stereocenters. The molecule has 0 aromatic carbocycles. The molecule has 0 aliphatic heterocycles. The van der Waals surface area contributed by atoms with Crippen LogP contribution in [-0.4, -0.2) is 11.1 Å². The molecule has 1 aromatic heterocycles. The number of hydrogen-bond acceptors (Lipinski definition) is 1. The maximum atomic E-state index is 3.53. The molecule has 1 aromatic rings. The first-order valence-corrected chi connectivity index (χ1v) is 6.67. The summed E-state index contributed by atoms with van der Waals surface area (Å²) in [6.45, 7) is 2.18. The highest BCUT2D eigenvalue weighted by molar-refractivity contribution is 5.05. The molecule has 0 saturated heterocycles. The Morgan fingerprint density at radius 3 is 2.88 bits per heavy atom. The van der Waals surface area contributed by atoms with Crippen molar-refractivity contribution in [1.29, 1.82) is 0 Å². The number of hydrogen-bond donors (Lipinski definition) is 1. The molecule has 0 amide bonds. The van der Waals surface area contributed by atoms with Crippen LogP contribution in [0.25, 0.3) is 0 Å². The minimum atomic E-state index is 1.01. The zero-order valence-electron chi connectivity index (χ0n) is 10.4. The maximum absolute atomic E-state index is 3.53. The predicted molar refractivity (Wildman–Crippen MR) is 68.3 cm³/mol. The topological polar surface area (TPSA) is 17.0 Å². The van der Waals surface area contributed by atoms with Crippen LogP contribution in [0, 0.1) is 5.92 Å². The lowest BCUT2D eigenvalue weighted by molar-refractivity contribution is 0.469. The van der Waals surface area contributed by atoms with Crippen LogP contribution < -0.4 is 5.32 Å². The van der Waals surface area contributed by atoms with E-state index in [1.165, 1.54) is 50.8 Å². The van der Waals surface area contributed by atoms with E-state index < -0.39 is 0 Å². The Morgan fingerprint density at radius 2 is 2.19 bits per heavy atom. The second-order valence-electron chi connectivity index (χ2n) is 5.08. The van der Waals surface area contributed by atoms with E-state index in [4.69, 9.17) is 0 Å². The quantitative estimate of drug-likeness (QED) is 0.729. The fraction of sp³-hybridized carbons (Fsp3) is 0.714. The van der Waals surface area contributed by atoms with E-state index in [9.17, 15) is 0 Å². The van der Waals surface area contributed by atoms with Gasteiger partial charge in [-0.1, -0.05) is 25.7 Å². The molecule has 2 rings (SSSR count). The molecule has 0 unspecified atom stereocenters. The average Bonchev–Trinajstić information content (AvgIpc) is 2.90. The zero-order chi connectivity index (χ0) is 11.2. The molecule has 0 spiro atoms. The molecule has 0 radical (unpaired) electrons. The van der Waals surface area contributed by atoms with Gasteiger partial charge in [0.25, 0.3) is 0 Å². The fourth-order valence-electron chi connectivity index (χ4n) is 2.71. The van der Waals surface area contributed by atoms with Crippen LogP contribution >= 0.6 is 0 Å². The van der Waals surface area contributed by atoms with Gasteiger partial charge in [-0.3, -0.25) is 0 Å². The number of rotatable bonds is 6. The van der Waals surface area contributed by atoms with Gasteiger partial charge in [-0.2, -0.15) is 0 Å². The molecule has 1 N–H and O–H groups in total. The highest BCUT2D eigenvalue weighted by atomic mass is 15.0. The van der Waals surface area contributed by atoms with Crippen LogP contribution in [0.2, 0.25) is 0 Å². The van der Waals surface area contributed by atoms with Crippen molar-refractivity contribution in [1.82, 2.24) is 9.88 Å². The summed E-state index contributed by atoms with van der Waals surface area (Å²) in [5, 5.41) is 3.53.